The number of H-pyrrole nitrogens is 1. The number of aromatic nitrogens is 2. The van der Waals surface area contributed by atoms with E-state index in [0.717, 1.165) is 0 Å². The summed E-state index contributed by atoms with van der Waals surface area (Å²) in [5.74, 6) is -0.365. The van der Waals surface area contributed by atoms with Gasteiger partial charge in [0.25, 0.3) is 5.56 Å². The van der Waals surface area contributed by atoms with Gasteiger partial charge >= 0.3 is 5.97 Å². The summed E-state index contributed by atoms with van der Waals surface area (Å²) in [4.78, 5) is 31.1. The zero-order valence-electron chi connectivity index (χ0n) is 12.3. The summed E-state index contributed by atoms with van der Waals surface area (Å²) in [6.07, 6.45) is -0.734. The Morgan fingerprint density at radius 3 is 2.78 bits per heavy atom. The van der Waals surface area contributed by atoms with Crippen LogP contribution >= 0.6 is 0 Å². The van der Waals surface area contributed by atoms with E-state index < -0.39 is 12.1 Å². The molecule has 23 heavy (non-hydrogen) atoms. The molecule has 0 fully saturated rings. The monoisotopic (exact) mass is 310 g/mol. The molecule has 0 saturated carbocycles. The number of fused-ring (bicyclic) bond motifs is 1. The standard InChI is InChI=1S/C17H14N2O4/c1-10(23-17(22)11-5-4-6-12(20)9-11)15-18-14-8-3-2-7-13(14)16(21)19-15/h2-10,20H,1H3,(H,18,19,21). The topological polar surface area (TPSA) is 92.3 Å². The lowest BCUT2D eigenvalue weighted by Gasteiger charge is -2.13. The Bertz CT molecular complexity index is 933. The van der Waals surface area contributed by atoms with Gasteiger partial charge < -0.3 is 14.8 Å². The minimum atomic E-state index is -0.734. The fourth-order valence-corrected chi connectivity index (χ4v) is 2.21. The summed E-state index contributed by atoms with van der Waals surface area (Å²) >= 11 is 0. The van der Waals surface area contributed by atoms with Gasteiger partial charge in [-0.3, -0.25) is 4.79 Å². The molecule has 2 N–H and O–H groups in total. The highest BCUT2D eigenvalue weighted by Crippen LogP contribution is 2.18. The van der Waals surface area contributed by atoms with E-state index in [1.807, 2.05) is 0 Å². The first-order valence-corrected chi connectivity index (χ1v) is 7.03. The van der Waals surface area contributed by atoms with Crippen molar-refractivity contribution in [3.05, 3.63) is 70.3 Å². The van der Waals surface area contributed by atoms with Gasteiger partial charge in [-0.25, -0.2) is 9.78 Å². The molecule has 1 aromatic heterocycles. The molecule has 1 unspecified atom stereocenters. The van der Waals surface area contributed by atoms with Gasteiger partial charge in [0.05, 0.1) is 16.5 Å². The Morgan fingerprint density at radius 2 is 2.00 bits per heavy atom. The molecule has 0 amide bonds. The number of phenolic OH excluding ortho intramolecular Hbond substituents is 1. The highest BCUT2D eigenvalue weighted by molar-refractivity contribution is 5.90. The number of aromatic amines is 1. The number of esters is 1. The Balaban J connectivity index is 1.87. The van der Waals surface area contributed by atoms with Crippen molar-refractivity contribution in [3.63, 3.8) is 0 Å². The third-order valence-electron chi connectivity index (χ3n) is 3.38. The predicted octanol–water partition coefficient (Wildman–Crippen LogP) is 2.55. The quantitative estimate of drug-likeness (QED) is 0.725. The summed E-state index contributed by atoms with van der Waals surface area (Å²) < 4.78 is 5.30. The minimum Gasteiger partial charge on any atom is -0.508 e. The maximum absolute atomic E-state index is 12.1. The van der Waals surface area contributed by atoms with Crippen molar-refractivity contribution in [3.8, 4) is 5.75 Å². The molecule has 3 rings (SSSR count). The smallest absolute Gasteiger partial charge is 0.338 e. The largest absolute Gasteiger partial charge is 0.508 e. The molecule has 1 atom stereocenters. The number of carbonyl (C=O) groups is 1. The van der Waals surface area contributed by atoms with Crippen LogP contribution in [0.5, 0.6) is 5.75 Å². The second-order valence-electron chi connectivity index (χ2n) is 5.07. The van der Waals surface area contributed by atoms with E-state index >= 15 is 0 Å². The average molecular weight is 310 g/mol. The normalized spacial score (nSPS) is 12.0. The van der Waals surface area contributed by atoms with Gasteiger partial charge in [-0.15, -0.1) is 0 Å². The second-order valence-corrected chi connectivity index (χ2v) is 5.07. The molecule has 1 heterocycles. The van der Waals surface area contributed by atoms with Gasteiger partial charge in [0.15, 0.2) is 11.9 Å². The van der Waals surface area contributed by atoms with Gasteiger partial charge in [-0.2, -0.15) is 0 Å². The third kappa shape index (κ3) is 3.06. The van der Waals surface area contributed by atoms with Crippen LogP contribution in [-0.2, 0) is 4.74 Å². The van der Waals surface area contributed by atoms with Crippen LogP contribution in [-0.4, -0.2) is 21.0 Å². The van der Waals surface area contributed by atoms with Crippen LogP contribution in [0.25, 0.3) is 10.9 Å². The molecule has 0 spiro atoms. The average Bonchev–Trinajstić information content (AvgIpc) is 2.54. The van der Waals surface area contributed by atoms with E-state index in [0.29, 0.717) is 10.9 Å². The van der Waals surface area contributed by atoms with Crippen LogP contribution in [0.15, 0.2) is 53.3 Å². The van der Waals surface area contributed by atoms with Crippen molar-refractivity contribution < 1.29 is 14.6 Å². The lowest BCUT2D eigenvalue weighted by Crippen LogP contribution is -2.17. The number of hydrogen-bond donors (Lipinski definition) is 2. The van der Waals surface area contributed by atoms with E-state index in [2.05, 4.69) is 9.97 Å². The number of rotatable bonds is 3. The Labute approximate surface area is 131 Å². The van der Waals surface area contributed by atoms with Gasteiger partial charge in [0.1, 0.15) is 5.75 Å². The molecule has 0 aliphatic rings. The van der Waals surface area contributed by atoms with Gasteiger partial charge in [0, 0.05) is 0 Å². The summed E-state index contributed by atoms with van der Waals surface area (Å²) in [6, 6.07) is 12.8. The van der Waals surface area contributed by atoms with Crippen molar-refractivity contribution in [1.29, 1.82) is 0 Å². The molecular formula is C17H14N2O4. The Hall–Kier alpha value is -3.15. The lowest BCUT2D eigenvalue weighted by molar-refractivity contribution is 0.0319. The fraction of sp³-hybridized carbons (Fsp3) is 0.118. The highest BCUT2D eigenvalue weighted by atomic mass is 16.5. The number of phenols is 1. The molecule has 0 aliphatic heterocycles. The van der Waals surface area contributed by atoms with E-state index in [1.165, 1.54) is 18.2 Å². The summed E-state index contributed by atoms with van der Waals surface area (Å²) in [5.41, 5.74) is 0.470. The molecule has 0 aliphatic carbocycles. The molecule has 0 radical (unpaired) electrons. The molecular weight excluding hydrogens is 296 g/mol. The maximum Gasteiger partial charge on any atom is 0.338 e. The van der Waals surface area contributed by atoms with Crippen molar-refractivity contribution in [2.75, 3.05) is 0 Å². The number of carbonyl (C=O) groups excluding carboxylic acids is 1. The fourth-order valence-electron chi connectivity index (χ4n) is 2.21. The number of benzene rings is 2. The summed E-state index contributed by atoms with van der Waals surface area (Å²) in [5, 5.41) is 9.88. The summed E-state index contributed by atoms with van der Waals surface area (Å²) in [6.45, 7) is 1.62. The van der Waals surface area contributed by atoms with Crippen LogP contribution in [0.1, 0.15) is 29.2 Å². The summed E-state index contributed by atoms with van der Waals surface area (Å²) in [7, 11) is 0. The SMILES string of the molecule is CC(OC(=O)c1cccc(O)c1)c1nc2ccccc2c(=O)[nH]1. The molecule has 6 heteroatoms. The zero-order chi connectivity index (χ0) is 16.4. The molecule has 3 aromatic rings. The number of hydrogen-bond acceptors (Lipinski definition) is 5. The van der Waals surface area contributed by atoms with E-state index in [-0.39, 0.29) is 22.7 Å². The number of nitrogens with zero attached hydrogens (tertiary/aromatic N) is 1. The molecule has 0 saturated heterocycles. The van der Waals surface area contributed by atoms with E-state index in [1.54, 1.807) is 37.3 Å². The van der Waals surface area contributed by atoms with Crippen LogP contribution in [0, 0.1) is 0 Å². The second kappa shape index (κ2) is 5.92. The molecule has 6 nitrogen and oxygen atoms in total. The van der Waals surface area contributed by atoms with Crippen LogP contribution < -0.4 is 5.56 Å². The van der Waals surface area contributed by atoms with Crippen LogP contribution in [0.2, 0.25) is 0 Å². The van der Waals surface area contributed by atoms with Gasteiger partial charge in [-0.1, -0.05) is 18.2 Å². The van der Waals surface area contributed by atoms with Gasteiger partial charge in [0.2, 0.25) is 0 Å². The van der Waals surface area contributed by atoms with E-state index in [4.69, 9.17) is 4.74 Å². The molecule has 116 valence electrons. The van der Waals surface area contributed by atoms with Crippen molar-refractivity contribution in [2.45, 2.75) is 13.0 Å². The minimum absolute atomic E-state index is 0.0238. The molecule has 2 aromatic carbocycles. The van der Waals surface area contributed by atoms with Crippen molar-refractivity contribution >= 4 is 16.9 Å². The molecule has 0 bridgehead atoms. The lowest BCUT2D eigenvalue weighted by atomic mass is 10.2. The van der Waals surface area contributed by atoms with E-state index in [9.17, 15) is 14.7 Å². The number of ether oxygens (including phenoxy) is 1. The number of para-hydroxylation sites is 1. The number of nitrogens with one attached hydrogen (secondary N) is 1. The zero-order valence-corrected chi connectivity index (χ0v) is 12.3. The van der Waals surface area contributed by atoms with Gasteiger partial charge in [-0.05, 0) is 37.3 Å². The van der Waals surface area contributed by atoms with Crippen molar-refractivity contribution in [2.24, 2.45) is 0 Å². The third-order valence-corrected chi connectivity index (χ3v) is 3.38. The maximum atomic E-state index is 12.1. The first-order chi connectivity index (χ1) is 11.0. The first kappa shape index (κ1) is 14.8. The van der Waals surface area contributed by atoms with Crippen LogP contribution in [0.3, 0.4) is 0 Å². The predicted molar refractivity (Wildman–Crippen MR) is 84.3 cm³/mol. The first-order valence-electron chi connectivity index (χ1n) is 7.03. The Kier molecular flexibility index (Phi) is 3.80. The highest BCUT2D eigenvalue weighted by Gasteiger charge is 2.17. The van der Waals surface area contributed by atoms with Crippen LogP contribution in [0.4, 0.5) is 0 Å². The number of aromatic hydroxyl groups is 1. The van der Waals surface area contributed by atoms with Crippen molar-refractivity contribution in [1.82, 2.24) is 9.97 Å². The Morgan fingerprint density at radius 1 is 1.22 bits per heavy atom.